The van der Waals surface area contributed by atoms with E-state index in [1.165, 1.54) is 12.1 Å². The molecule has 0 bridgehead atoms. The van der Waals surface area contributed by atoms with Crippen molar-refractivity contribution in [2.75, 3.05) is 0 Å². The first-order chi connectivity index (χ1) is 8.74. The predicted molar refractivity (Wildman–Crippen MR) is 68.8 cm³/mol. The van der Waals surface area contributed by atoms with Crippen molar-refractivity contribution in [3.05, 3.63) is 60.4 Å². The first-order valence-corrected chi connectivity index (χ1v) is 5.59. The Balaban J connectivity index is 2.18. The van der Waals surface area contributed by atoms with Gasteiger partial charge in [-0.15, -0.1) is 0 Å². The van der Waals surface area contributed by atoms with Crippen molar-refractivity contribution in [3.63, 3.8) is 0 Å². The lowest BCUT2D eigenvalue weighted by atomic mass is 10.1. The summed E-state index contributed by atoms with van der Waals surface area (Å²) in [5, 5.41) is 10.6. The molecule has 2 nitrogen and oxygen atoms in total. The molecule has 18 heavy (non-hydrogen) atoms. The lowest BCUT2D eigenvalue weighted by molar-refractivity contribution is 0.480. The minimum atomic E-state index is -0.276. The molecule has 0 unspecified atom stereocenters. The molecule has 0 aliphatic rings. The van der Waals surface area contributed by atoms with Gasteiger partial charge in [0.2, 0.25) is 0 Å². The second-order valence-electron chi connectivity index (χ2n) is 4.05. The number of benzene rings is 2. The quantitative estimate of drug-likeness (QED) is 0.701. The fourth-order valence-corrected chi connectivity index (χ4v) is 1.91. The average molecular weight is 239 g/mol. The van der Waals surface area contributed by atoms with Gasteiger partial charge in [0.25, 0.3) is 0 Å². The molecule has 88 valence electrons. The molecule has 3 aromatic rings. The normalized spacial score (nSPS) is 10.7. The largest absolute Gasteiger partial charge is 0.506 e. The summed E-state index contributed by atoms with van der Waals surface area (Å²) in [4.78, 5) is 4.40. The van der Waals surface area contributed by atoms with E-state index in [4.69, 9.17) is 0 Å². The molecule has 0 fully saturated rings. The molecule has 0 saturated carbocycles. The van der Waals surface area contributed by atoms with Gasteiger partial charge in [-0.25, -0.2) is 9.37 Å². The maximum atomic E-state index is 12.9. The van der Waals surface area contributed by atoms with Crippen LogP contribution in [-0.4, -0.2) is 10.1 Å². The van der Waals surface area contributed by atoms with E-state index in [1.807, 2.05) is 18.2 Å². The van der Waals surface area contributed by atoms with E-state index in [0.717, 1.165) is 10.9 Å². The Bertz CT molecular complexity index is 707. The van der Waals surface area contributed by atoms with E-state index >= 15 is 0 Å². The van der Waals surface area contributed by atoms with Crippen molar-refractivity contribution in [1.29, 1.82) is 0 Å². The van der Waals surface area contributed by atoms with Gasteiger partial charge in [-0.1, -0.05) is 18.2 Å². The zero-order chi connectivity index (χ0) is 12.5. The van der Waals surface area contributed by atoms with Gasteiger partial charge in [-0.05, 0) is 36.4 Å². The second kappa shape index (κ2) is 4.11. The summed E-state index contributed by atoms with van der Waals surface area (Å²) < 4.78 is 12.9. The highest BCUT2D eigenvalue weighted by atomic mass is 19.1. The molecule has 1 aromatic heterocycles. The minimum Gasteiger partial charge on any atom is -0.506 e. The zero-order valence-corrected chi connectivity index (χ0v) is 9.47. The number of hydrogen-bond acceptors (Lipinski definition) is 2. The van der Waals surface area contributed by atoms with Crippen LogP contribution >= 0.6 is 0 Å². The third-order valence-corrected chi connectivity index (χ3v) is 2.84. The first kappa shape index (κ1) is 10.7. The molecule has 1 heterocycles. The minimum absolute atomic E-state index is 0.150. The number of fused-ring (bicyclic) bond motifs is 1. The lowest BCUT2D eigenvalue weighted by Gasteiger charge is -2.04. The number of para-hydroxylation sites is 1. The fourth-order valence-electron chi connectivity index (χ4n) is 1.91. The summed E-state index contributed by atoms with van der Waals surface area (Å²) in [6.07, 6.45) is 0. The summed E-state index contributed by atoms with van der Waals surface area (Å²) in [6.45, 7) is 0. The van der Waals surface area contributed by atoms with Gasteiger partial charge >= 0.3 is 0 Å². The molecule has 3 rings (SSSR count). The Kier molecular flexibility index (Phi) is 2.45. The number of aromatic hydroxyl groups is 1. The zero-order valence-electron chi connectivity index (χ0n) is 9.47. The summed E-state index contributed by atoms with van der Waals surface area (Å²) in [7, 11) is 0. The highest BCUT2D eigenvalue weighted by Gasteiger charge is 2.04. The van der Waals surface area contributed by atoms with Crippen LogP contribution in [0.1, 0.15) is 0 Å². The Morgan fingerprint density at radius 1 is 0.889 bits per heavy atom. The van der Waals surface area contributed by atoms with Crippen LogP contribution in [0, 0.1) is 5.82 Å². The van der Waals surface area contributed by atoms with Gasteiger partial charge in [0.1, 0.15) is 17.1 Å². The molecule has 1 N–H and O–H groups in total. The smallest absolute Gasteiger partial charge is 0.141 e. The van der Waals surface area contributed by atoms with E-state index in [0.29, 0.717) is 11.2 Å². The van der Waals surface area contributed by atoms with Crippen LogP contribution in [0.3, 0.4) is 0 Å². The molecule has 0 spiro atoms. The van der Waals surface area contributed by atoms with Gasteiger partial charge in [0.15, 0.2) is 0 Å². The Labute approximate surface area is 103 Å². The van der Waals surface area contributed by atoms with Crippen molar-refractivity contribution in [2.24, 2.45) is 0 Å². The lowest BCUT2D eigenvalue weighted by Crippen LogP contribution is -1.86. The number of halogens is 1. The van der Waals surface area contributed by atoms with Crippen LogP contribution in [0.2, 0.25) is 0 Å². The van der Waals surface area contributed by atoms with Crippen LogP contribution in [0.15, 0.2) is 54.6 Å². The van der Waals surface area contributed by atoms with Crippen LogP contribution in [0.4, 0.5) is 4.39 Å². The second-order valence-corrected chi connectivity index (χ2v) is 4.05. The summed E-state index contributed by atoms with van der Waals surface area (Å²) >= 11 is 0. The van der Waals surface area contributed by atoms with Crippen molar-refractivity contribution in [1.82, 2.24) is 4.98 Å². The Hall–Kier alpha value is -2.42. The van der Waals surface area contributed by atoms with Crippen LogP contribution in [0.5, 0.6) is 5.75 Å². The number of phenolic OH excluding ortho intramolecular Hbond substituents is 1. The monoisotopic (exact) mass is 239 g/mol. The van der Waals surface area contributed by atoms with Crippen molar-refractivity contribution in [3.8, 4) is 17.0 Å². The van der Waals surface area contributed by atoms with Gasteiger partial charge in [-0.2, -0.15) is 0 Å². The van der Waals surface area contributed by atoms with E-state index in [9.17, 15) is 9.50 Å². The predicted octanol–water partition coefficient (Wildman–Crippen LogP) is 3.75. The van der Waals surface area contributed by atoms with Gasteiger partial charge in [0, 0.05) is 10.9 Å². The van der Waals surface area contributed by atoms with E-state index in [-0.39, 0.29) is 11.6 Å². The highest BCUT2D eigenvalue weighted by Crippen LogP contribution is 2.26. The molecule has 0 aliphatic heterocycles. The van der Waals surface area contributed by atoms with Crippen LogP contribution < -0.4 is 0 Å². The van der Waals surface area contributed by atoms with Crippen LogP contribution in [-0.2, 0) is 0 Å². The molecule has 0 radical (unpaired) electrons. The third kappa shape index (κ3) is 1.80. The number of phenols is 1. The van der Waals surface area contributed by atoms with Crippen LogP contribution in [0.25, 0.3) is 22.2 Å². The summed E-state index contributed by atoms with van der Waals surface area (Å²) in [5.41, 5.74) is 2.09. The average Bonchev–Trinajstić information content (AvgIpc) is 2.40. The number of rotatable bonds is 1. The number of hydrogen-bond donors (Lipinski definition) is 1. The Morgan fingerprint density at radius 3 is 2.44 bits per heavy atom. The standard InChI is InChI=1S/C15H10FNO/c16-12-7-4-10(5-8-12)13-9-6-11-2-1-3-14(18)15(11)17-13/h1-9,18H. The third-order valence-electron chi connectivity index (χ3n) is 2.84. The molecule has 2 aromatic carbocycles. The van der Waals surface area contributed by atoms with Crippen molar-refractivity contribution < 1.29 is 9.50 Å². The number of aromatic nitrogens is 1. The van der Waals surface area contributed by atoms with E-state index < -0.39 is 0 Å². The molecular weight excluding hydrogens is 229 g/mol. The van der Waals surface area contributed by atoms with Crippen molar-refractivity contribution >= 4 is 10.9 Å². The first-order valence-electron chi connectivity index (χ1n) is 5.59. The number of nitrogens with zero attached hydrogens (tertiary/aromatic N) is 1. The summed E-state index contributed by atoms with van der Waals surface area (Å²) in [6, 6.07) is 15.1. The molecule has 3 heteroatoms. The topological polar surface area (TPSA) is 33.1 Å². The summed E-state index contributed by atoms with van der Waals surface area (Å²) in [5.74, 6) is -0.126. The van der Waals surface area contributed by atoms with E-state index in [1.54, 1.807) is 24.3 Å². The maximum Gasteiger partial charge on any atom is 0.141 e. The highest BCUT2D eigenvalue weighted by molar-refractivity contribution is 5.86. The molecule has 0 aliphatic carbocycles. The molecular formula is C15H10FNO. The number of pyridine rings is 1. The fraction of sp³-hybridized carbons (Fsp3) is 0. The maximum absolute atomic E-state index is 12.9. The van der Waals surface area contributed by atoms with Gasteiger partial charge in [0.05, 0.1) is 5.69 Å². The molecule has 0 saturated heterocycles. The SMILES string of the molecule is Oc1cccc2ccc(-c3ccc(F)cc3)nc12. The molecule has 0 amide bonds. The van der Waals surface area contributed by atoms with Gasteiger partial charge in [-0.3, -0.25) is 0 Å². The van der Waals surface area contributed by atoms with Crippen molar-refractivity contribution in [2.45, 2.75) is 0 Å². The van der Waals surface area contributed by atoms with E-state index in [2.05, 4.69) is 4.98 Å². The molecule has 0 atom stereocenters. The Morgan fingerprint density at radius 2 is 1.67 bits per heavy atom. The van der Waals surface area contributed by atoms with Gasteiger partial charge < -0.3 is 5.11 Å².